The van der Waals surface area contributed by atoms with Gasteiger partial charge in [0.25, 0.3) is 0 Å². The Morgan fingerprint density at radius 1 is 1.62 bits per heavy atom. The molecule has 0 aliphatic rings. The van der Waals surface area contributed by atoms with Crippen LogP contribution in [0, 0.1) is 12.8 Å². The predicted octanol–water partition coefficient (Wildman–Crippen LogP) is 1.23. The lowest BCUT2D eigenvalue weighted by atomic mass is 10.2. The van der Waals surface area contributed by atoms with Crippen molar-refractivity contribution in [2.75, 3.05) is 12.3 Å². The van der Waals surface area contributed by atoms with Crippen LogP contribution in [0.2, 0.25) is 5.02 Å². The van der Waals surface area contributed by atoms with Crippen molar-refractivity contribution >= 4 is 22.4 Å². The molecular weight excluding hydrogens is 246 g/mol. The SMILES string of the molecule is Cc1nn(C)c(CS(=O)CC(C)CN)c1Cl. The second-order valence-electron chi connectivity index (χ2n) is 4.06. The lowest BCUT2D eigenvalue weighted by molar-refractivity contribution is 0.637. The smallest absolute Gasteiger partial charge is 0.0856 e. The van der Waals surface area contributed by atoms with Gasteiger partial charge in [0.05, 0.1) is 22.2 Å². The molecule has 1 heterocycles. The van der Waals surface area contributed by atoms with Gasteiger partial charge in [-0.25, -0.2) is 0 Å². The van der Waals surface area contributed by atoms with Gasteiger partial charge in [-0.05, 0) is 19.4 Å². The van der Waals surface area contributed by atoms with Crippen molar-refractivity contribution in [1.29, 1.82) is 0 Å². The molecule has 0 amide bonds. The maximum Gasteiger partial charge on any atom is 0.0856 e. The summed E-state index contributed by atoms with van der Waals surface area (Å²) in [6.07, 6.45) is 0. The number of nitrogens with two attached hydrogens (primary N) is 1. The molecule has 0 radical (unpaired) electrons. The highest BCUT2D eigenvalue weighted by molar-refractivity contribution is 7.84. The summed E-state index contributed by atoms with van der Waals surface area (Å²) < 4.78 is 13.5. The maximum absolute atomic E-state index is 11.9. The second kappa shape index (κ2) is 5.80. The Hall–Kier alpha value is -0.390. The molecule has 0 fully saturated rings. The molecule has 0 aliphatic heterocycles. The van der Waals surface area contributed by atoms with E-state index in [1.165, 1.54) is 0 Å². The van der Waals surface area contributed by atoms with Gasteiger partial charge in [-0.2, -0.15) is 5.10 Å². The molecule has 0 bridgehead atoms. The highest BCUT2D eigenvalue weighted by Crippen LogP contribution is 2.21. The third-order valence-corrected chi connectivity index (χ3v) is 4.46. The van der Waals surface area contributed by atoms with E-state index in [2.05, 4.69) is 5.10 Å². The van der Waals surface area contributed by atoms with Crippen molar-refractivity contribution in [1.82, 2.24) is 9.78 Å². The lowest BCUT2D eigenvalue weighted by Gasteiger charge is -2.08. The molecule has 0 aromatic carbocycles. The molecular formula is C10H18ClN3OS. The minimum absolute atomic E-state index is 0.272. The first kappa shape index (κ1) is 13.7. The van der Waals surface area contributed by atoms with Gasteiger partial charge in [0.2, 0.25) is 0 Å². The Kier molecular flexibility index (Phi) is 4.95. The van der Waals surface area contributed by atoms with Crippen LogP contribution in [0.4, 0.5) is 0 Å². The number of nitrogens with zero attached hydrogens (tertiary/aromatic N) is 2. The molecule has 0 aliphatic carbocycles. The van der Waals surface area contributed by atoms with Crippen molar-refractivity contribution in [2.24, 2.45) is 18.7 Å². The van der Waals surface area contributed by atoms with Gasteiger partial charge < -0.3 is 5.73 Å². The highest BCUT2D eigenvalue weighted by Gasteiger charge is 2.15. The summed E-state index contributed by atoms with van der Waals surface area (Å²) >= 11 is 6.09. The molecule has 2 atom stereocenters. The summed E-state index contributed by atoms with van der Waals surface area (Å²) in [5.41, 5.74) is 7.12. The summed E-state index contributed by atoms with van der Waals surface area (Å²) in [6.45, 7) is 4.40. The fourth-order valence-corrected chi connectivity index (χ4v) is 3.26. The zero-order valence-electron chi connectivity index (χ0n) is 9.86. The molecule has 0 spiro atoms. The number of hydrogen-bond acceptors (Lipinski definition) is 3. The van der Waals surface area contributed by atoms with E-state index >= 15 is 0 Å². The van der Waals surface area contributed by atoms with Crippen LogP contribution in [0.5, 0.6) is 0 Å². The van der Waals surface area contributed by atoms with Gasteiger partial charge in [0, 0.05) is 23.6 Å². The Balaban J connectivity index is 2.70. The van der Waals surface area contributed by atoms with Crippen LogP contribution in [0.3, 0.4) is 0 Å². The van der Waals surface area contributed by atoms with Gasteiger partial charge >= 0.3 is 0 Å². The largest absolute Gasteiger partial charge is 0.330 e. The monoisotopic (exact) mass is 263 g/mol. The first-order valence-corrected chi connectivity index (χ1v) is 7.05. The standard InChI is InChI=1S/C10H18ClN3OS/c1-7(4-12)5-16(15)6-9-10(11)8(2)13-14(9)3/h7H,4-6,12H2,1-3H3. The third kappa shape index (κ3) is 3.30. The third-order valence-electron chi connectivity index (χ3n) is 2.43. The van der Waals surface area contributed by atoms with E-state index in [9.17, 15) is 4.21 Å². The van der Waals surface area contributed by atoms with Crippen LogP contribution in [0.25, 0.3) is 0 Å². The molecule has 0 saturated heterocycles. The first-order valence-electron chi connectivity index (χ1n) is 5.18. The maximum atomic E-state index is 11.9. The number of rotatable bonds is 5. The number of aromatic nitrogens is 2. The van der Waals surface area contributed by atoms with Crippen molar-refractivity contribution in [3.8, 4) is 0 Å². The summed E-state index contributed by atoms with van der Waals surface area (Å²) in [7, 11) is 0.884. The van der Waals surface area contributed by atoms with E-state index in [-0.39, 0.29) is 5.92 Å². The molecule has 0 saturated carbocycles. The van der Waals surface area contributed by atoms with Crippen LogP contribution in [0.15, 0.2) is 0 Å². The number of aryl methyl sites for hydroxylation is 2. The van der Waals surface area contributed by atoms with Crippen molar-refractivity contribution < 1.29 is 4.21 Å². The zero-order valence-corrected chi connectivity index (χ0v) is 11.4. The van der Waals surface area contributed by atoms with Gasteiger partial charge in [-0.15, -0.1) is 0 Å². The van der Waals surface area contributed by atoms with Crippen molar-refractivity contribution in [3.05, 3.63) is 16.4 Å². The zero-order chi connectivity index (χ0) is 12.3. The summed E-state index contributed by atoms with van der Waals surface area (Å²) in [5.74, 6) is 1.33. The van der Waals surface area contributed by atoms with Gasteiger partial charge in [0.15, 0.2) is 0 Å². The molecule has 6 heteroatoms. The molecule has 2 N–H and O–H groups in total. The summed E-state index contributed by atoms with van der Waals surface area (Å²) in [6, 6.07) is 0. The molecule has 2 unspecified atom stereocenters. The van der Waals surface area contributed by atoms with E-state index in [4.69, 9.17) is 17.3 Å². The average Bonchev–Trinajstić information content (AvgIpc) is 2.45. The average molecular weight is 264 g/mol. The van der Waals surface area contributed by atoms with E-state index in [0.717, 1.165) is 11.4 Å². The molecule has 92 valence electrons. The van der Waals surface area contributed by atoms with E-state index < -0.39 is 10.8 Å². The van der Waals surface area contributed by atoms with Gasteiger partial charge in [-0.3, -0.25) is 8.89 Å². The first-order chi connectivity index (χ1) is 7.45. The minimum Gasteiger partial charge on any atom is -0.330 e. The molecule has 1 aromatic rings. The summed E-state index contributed by atoms with van der Waals surface area (Å²) in [5, 5.41) is 4.81. The molecule has 16 heavy (non-hydrogen) atoms. The van der Waals surface area contributed by atoms with Crippen molar-refractivity contribution in [3.63, 3.8) is 0 Å². The van der Waals surface area contributed by atoms with Crippen LogP contribution in [-0.2, 0) is 23.6 Å². The van der Waals surface area contributed by atoms with Crippen LogP contribution in [-0.4, -0.2) is 26.3 Å². The number of hydrogen-bond donors (Lipinski definition) is 1. The van der Waals surface area contributed by atoms with E-state index in [1.807, 2.05) is 20.9 Å². The second-order valence-corrected chi connectivity index (χ2v) is 5.94. The fraction of sp³-hybridized carbons (Fsp3) is 0.700. The Bertz CT molecular complexity index is 392. The molecule has 1 aromatic heterocycles. The lowest BCUT2D eigenvalue weighted by Crippen LogP contribution is -2.19. The Labute approximate surface area is 104 Å². The minimum atomic E-state index is -0.933. The van der Waals surface area contributed by atoms with Crippen LogP contribution in [0.1, 0.15) is 18.3 Å². The van der Waals surface area contributed by atoms with Crippen molar-refractivity contribution in [2.45, 2.75) is 19.6 Å². The topological polar surface area (TPSA) is 60.9 Å². The van der Waals surface area contributed by atoms with Crippen LogP contribution >= 0.6 is 11.6 Å². The van der Waals surface area contributed by atoms with Gasteiger partial charge in [-0.1, -0.05) is 18.5 Å². The fourth-order valence-electron chi connectivity index (χ4n) is 1.43. The Morgan fingerprint density at radius 3 is 2.69 bits per heavy atom. The van der Waals surface area contributed by atoms with Crippen LogP contribution < -0.4 is 5.73 Å². The Morgan fingerprint density at radius 2 is 2.25 bits per heavy atom. The highest BCUT2D eigenvalue weighted by atomic mass is 35.5. The normalized spacial score (nSPS) is 15.1. The molecule has 1 rings (SSSR count). The summed E-state index contributed by atoms with van der Waals surface area (Å²) in [4.78, 5) is 0. The quantitative estimate of drug-likeness (QED) is 0.869. The number of halogens is 1. The predicted molar refractivity (Wildman–Crippen MR) is 67.9 cm³/mol. The van der Waals surface area contributed by atoms with E-state index in [1.54, 1.807) is 4.68 Å². The van der Waals surface area contributed by atoms with E-state index in [0.29, 0.717) is 23.1 Å². The van der Waals surface area contributed by atoms with Gasteiger partial charge in [0.1, 0.15) is 0 Å². The molecule has 4 nitrogen and oxygen atoms in total.